The number of rotatable bonds is 2. The van der Waals surface area contributed by atoms with E-state index in [1.165, 1.54) is 16.2 Å². The molecule has 1 N–H and O–H groups in total. The Balaban J connectivity index is 1.85. The van der Waals surface area contributed by atoms with Crippen molar-refractivity contribution in [2.24, 2.45) is 0 Å². The van der Waals surface area contributed by atoms with Gasteiger partial charge in [-0.15, -0.1) is 11.8 Å². The minimum Gasteiger partial charge on any atom is -0.487 e. The Bertz CT molecular complexity index is 349. The third-order valence-corrected chi connectivity index (χ3v) is 3.84. The maximum absolute atomic E-state index is 5.92. The summed E-state index contributed by atoms with van der Waals surface area (Å²) in [4.78, 5) is 1.41. The molecule has 1 aromatic rings. The summed E-state index contributed by atoms with van der Waals surface area (Å²) in [6, 6.07) is 6.39. The molecule has 3 heteroatoms. The quantitative estimate of drug-likeness (QED) is 0.797. The summed E-state index contributed by atoms with van der Waals surface area (Å²) in [6.45, 7) is 1.99. The predicted molar refractivity (Wildman–Crippen MR) is 58.2 cm³/mol. The highest BCUT2D eigenvalue weighted by atomic mass is 32.2. The zero-order chi connectivity index (χ0) is 9.38. The lowest BCUT2D eigenvalue weighted by molar-refractivity contribution is 0.140. The second-order valence-corrected chi connectivity index (χ2v) is 4.87. The molecule has 74 valence electrons. The third kappa shape index (κ3) is 1.41. The normalized spacial score (nSPS) is 20.3. The summed E-state index contributed by atoms with van der Waals surface area (Å²) in [5.74, 6) is 2.32. The Kier molecular flexibility index (Phi) is 2.14. The standard InChI is InChI=1S/C11H13NOS/c1-2-10(13-8-6-12-7-8)9-4-5-14-11(9)3-1/h1-3,8,12H,4-7H2. The molecule has 0 aliphatic carbocycles. The molecule has 2 heterocycles. The van der Waals surface area contributed by atoms with E-state index < -0.39 is 0 Å². The van der Waals surface area contributed by atoms with Gasteiger partial charge >= 0.3 is 0 Å². The molecule has 0 unspecified atom stereocenters. The molecule has 0 aromatic heterocycles. The van der Waals surface area contributed by atoms with Gasteiger partial charge in [0.05, 0.1) is 0 Å². The van der Waals surface area contributed by atoms with E-state index in [1.807, 2.05) is 11.8 Å². The van der Waals surface area contributed by atoms with Crippen molar-refractivity contribution >= 4 is 11.8 Å². The van der Waals surface area contributed by atoms with Gasteiger partial charge in [0.15, 0.2) is 0 Å². The molecule has 1 fully saturated rings. The monoisotopic (exact) mass is 207 g/mol. The summed E-state index contributed by atoms with van der Waals surface area (Å²) in [6.07, 6.45) is 1.56. The van der Waals surface area contributed by atoms with E-state index in [1.54, 1.807) is 0 Å². The fourth-order valence-corrected chi connectivity index (χ4v) is 2.90. The van der Waals surface area contributed by atoms with Gasteiger partial charge in [0.1, 0.15) is 11.9 Å². The Labute approximate surface area is 88.0 Å². The number of nitrogens with one attached hydrogen (secondary N) is 1. The summed E-state index contributed by atoms with van der Waals surface area (Å²) in [5, 5.41) is 3.22. The number of hydrogen-bond donors (Lipinski definition) is 1. The molecule has 3 rings (SSSR count). The van der Waals surface area contributed by atoms with Crippen LogP contribution in [0.2, 0.25) is 0 Å². The Morgan fingerprint density at radius 1 is 1.36 bits per heavy atom. The Hall–Kier alpha value is -0.670. The van der Waals surface area contributed by atoms with Crippen molar-refractivity contribution in [1.29, 1.82) is 0 Å². The minimum absolute atomic E-state index is 0.395. The smallest absolute Gasteiger partial charge is 0.124 e. The fraction of sp³-hybridized carbons (Fsp3) is 0.455. The van der Waals surface area contributed by atoms with Crippen molar-refractivity contribution in [1.82, 2.24) is 5.32 Å². The molecule has 0 saturated carbocycles. The lowest BCUT2D eigenvalue weighted by atomic mass is 10.1. The van der Waals surface area contributed by atoms with Crippen LogP contribution < -0.4 is 10.1 Å². The lowest BCUT2D eigenvalue weighted by Crippen LogP contribution is -2.50. The number of ether oxygens (including phenoxy) is 1. The van der Waals surface area contributed by atoms with E-state index in [4.69, 9.17) is 4.74 Å². The van der Waals surface area contributed by atoms with Gasteiger partial charge < -0.3 is 10.1 Å². The largest absolute Gasteiger partial charge is 0.487 e. The zero-order valence-electron chi connectivity index (χ0n) is 7.95. The first-order valence-corrected chi connectivity index (χ1v) is 6.04. The van der Waals surface area contributed by atoms with E-state index in [0.29, 0.717) is 6.10 Å². The summed E-state index contributed by atoms with van der Waals surface area (Å²) in [5.41, 5.74) is 1.42. The molecule has 14 heavy (non-hydrogen) atoms. The zero-order valence-corrected chi connectivity index (χ0v) is 8.77. The summed E-state index contributed by atoms with van der Waals surface area (Å²) < 4.78 is 5.92. The van der Waals surface area contributed by atoms with Crippen molar-refractivity contribution < 1.29 is 4.74 Å². The molecule has 0 amide bonds. The first kappa shape index (κ1) is 8.62. The van der Waals surface area contributed by atoms with E-state index in [0.717, 1.165) is 25.3 Å². The highest BCUT2D eigenvalue weighted by Crippen LogP contribution is 2.37. The van der Waals surface area contributed by atoms with Gasteiger partial charge in [-0.25, -0.2) is 0 Å². The van der Waals surface area contributed by atoms with Crippen LogP contribution in [0.5, 0.6) is 5.75 Å². The summed E-state index contributed by atoms with van der Waals surface area (Å²) >= 11 is 1.94. The highest BCUT2D eigenvalue weighted by molar-refractivity contribution is 7.99. The molecule has 2 nitrogen and oxygen atoms in total. The number of fused-ring (bicyclic) bond motifs is 1. The number of benzene rings is 1. The SMILES string of the molecule is c1cc(OC2CNC2)c2c(c1)SCC2. The van der Waals surface area contributed by atoms with E-state index in [-0.39, 0.29) is 0 Å². The maximum Gasteiger partial charge on any atom is 0.124 e. The molecule has 2 aliphatic heterocycles. The molecule has 0 spiro atoms. The van der Waals surface area contributed by atoms with Crippen LogP contribution >= 0.6 is 11.8 Å². The van der Waals surface area contributed by atoms with Gasteiger partial charge in [-0.05, 0) is 18.6 Å². The minimum atomic E-state index is 0.395. The molecule has 0 radical (unpaired) electrons. The van der Waals surface area contributed by atoms with Crippen LogP contribution in [0.3, 0.4) is 0 Å². The lowest BCUT2D eigenvalue weighted by Gasteiger charge is -2.28. The van der Waals surface area contributed by atoms with Crippen LogP contribution in [0.1, 0.15) is 5.56 Å². The molecular formula is C11H13NOS. The van der Waals surface area contributed by atoms with Gasteiger partial charge in [0.2, 0.25) is 0 Å². The van der Waals surface area contributed by atoms with E-state index in [9.17, 15) is 0 Å². The third-order valence-electron chi connectivity index (χ3n) is 2.74. The molecule has 1 saturated heterocycles. The van der Waals surface area contributed by atoms with E-state index >= 15 is 0 Å². The van der Waals surface area contributed by atoms with Crippen molar-refractivity contribution in [3.63, 3.8) is 0 Å². The van der Waals surface area contributed by atoms with Gasteiger partial charge in [0, 0.05) is 29.3 Å². The average molecular weight is 207 g/mol. The van der Waals surface area contributed by atoms with Crippen molar-refractivity contribution in [3.05, 3.63) is 23.8 Å². The van der Waals surface area contributed by atoms with Gasteiger partial charge in [-0.3, -0.25) is 0 Å². The average Bonchev–Trinajstić information content (AvgIpc) is 2.59. The van der Waals surface area contributed by atoms with Crippen LogP contribution in [0.25, 0.3) is 0 Å². The van der Waals surface area contributed by atoms with Crippen molar-refractivity contribution in [2.75, 3.05) is 18.8 Å². The number of thioether (sulfide) groups is 1. The number of hydrogen-bond acceptors (Lipinski definition) is 3. The topological polar surface area (TPSA) is 21.3 Å². The van der Waals surface area contributed by atoms with Crippen LogP contribution in [0.4, 0.5) is 0 Å². The first-order chi connectivity index (χ1) is 6.93. The molecule has 0 atom stereocenters. The first-order valence-electron chi connectivity index (χ1n) is 5.05. The molecule has 2 aliphatic rings. The van der Waals surface area contributed by atoms with E-state index in [2.05, 4.69) is 23.5 Å². The Morgan fingerprint density at radius 3 is 3.07 bits per heavy atom. The molecular weight excluding hydrogens is 194 g/mol. The highest BCUT2D eigenvalue weighted by Gasteiger charge is 2.22. The van der Waals surface area contributed by atoms with Crippen LogP contribution in [0.15, 0.2) is 23.1 Å². The van der Waals surface area contributed by atoms with Gasteiger partial charge in [0.25, 0.3) is 0 Å². The van der Waals surface area contributed by atoms with Crippen molar-refractivity contribution in [2.45, 2.75) is 17.4 Å². The Morgan fingerprint density at radius 2 is 2.29 bits per heavy atom. The molecule has 0 bridgehead atoms. The maximum atomic E-state index is 5.92. The van der Waals surface area contributed by atoms with Crippen LogP contribution in [-0.4, -0.2) is 24.9 Å². The van der Waals surface area contributed by atoms with Crippen LogP contribution in [0, 0.1) is 0 Å². The van der Waals surface area contributed by atoms with Gasteiger partial charge in [-0.1, -0.05) is 6.07 Å². The predicted octanol–water partition coefficient (Wildman–Crippen LogP) is 1.69. The van der Waals surface area contributed by atoms with Gasteiger partial charge in [-0.2, -0.15) is 0 Å². The fourth-order valence-electron chi connectivity index (χ4n) is 1.83. The van der Waals surface area contributed by atoms with Crippen molar-refractivity contribution in [3.8, 4) is 5.75 Å². The second kappa shape index (κ2) is 3.48. The summed E-state index contributed by atoms with van der Waals surface area (Å²) in [7, 11) is 0. The second-order valence-electron chi connectivity index (χ2n) is 3.73. The van der Waals surface area contributed by atoms with Crippen LogP contribution in [-0.2, 0) is 6.42 Å². The molecule has 1 aromatic carbocycles.